The molecule has 0 radical (unpaired) electrons. The second kappa shape index (κ2) is 9.20. The zero-order valence-corrected chi connectivity index (χ0v) is 13.7. The maximum atomic E-state index is 11.8. The first-order chi connectivity index (χ1) is 10.5. The highest BCUT2D eigenvalue weighted by Gasteiger charge is 2.13. The summed E-state index contributed by atoms with van der Waals surface area (Å²) >= 11 is 0. The highest BCUT2D eigenvalue weighted by molar-refractivity contribution is 5.99. The Hall–Kier alpha value is -1.88. The van der Waals surface area contributed by atoms with Gasteiger partial charge in [0.25, 0.3) is 0 Å². The fourth-order valence-corrected chi connectivity index (χ4v) is 2.20. The van der Waals surface area contributed by atoms with Crippen LogP contribution < -0.4 is 10.6 Å². The molecule has 1 aromatic rings. The van der Waals surface area contributed by atoms with Crippen molar-refractivity contribution in [1.29, 1.82) is 0 Å². The summed E-state index contributed by atoms with van der Waals surface area (Å²) in [6.07, 6.45) is 1.33. The minimum absolute atomic E-state index is 0.0693. The first-order valence-corrected chi connectivity index (χ1v) is 7.80. The first-order valence-electron chi connectivity index (χ1n) is 7.80. The second-order valence-corrected chi connectivity index (χ2v) is 5.24. The average molecular weight is 306 g/mol. The molecule has 0 aliphatic rings. The molecule has 122 valence electrons. The van der Waals surface area contributed by atoms with Crippen molar-refractivity contribution in [1.82, 2.24) is 0 Å². The summed E-state index contributed by atoms with van der Waals surface area (Å²) < 4.78 is 4.96. The SMILES string of the molecule is CCCN(CCC(=O)OCC)c1ccc(C(=O)C(C)N)cc1. The van der Waals surface area contributed by atoms with Crippen molar-refractivity contribution in [2.24, 2.45) is 5.73 Å². The third-order valence-corrected chi connectivity index (χ3v) is 3.32. The van der Waals surface area contributed by atoms with E-state index >= 15 is 0 Å². The van der Waals surface area contributed by atoms with Gasteiger partial charge in [-0.3, -0.25) is 9.59 Å². The van der Waals surface area contributed by atoms with Gasteiger partial charge in [-0.15, -0.1) is 0 Å². The van der Waals surface area contributed by atoms with Crippen LogP contribution in [-0.4, -0.2) is 37.5 Å². The Morgan fingerprint density at radius 1 is 1.18 bits per heavy atom. The van der Waals surface area contributed by atoms with Crippen LogP contribution in [0.4, 0.5) is 5.69 Å². The number of ether oxygens (including phenoxy) is 1. The number of ketones is 1. The van der Waals surface area contributed by atoms with Crippen LogP contribution in [0.15, 0.2) is 24.3 Å². The topological polar surface area (TPSA) is 72.6 Å². The summed E-state index contributed by atoms with van der Waals surface area (Å²) in [6, 6.07) is 6.87. The molecule has 5 nitrogen and oxygen atoms in total. The molecule has 0 heterocycles. The fraction of sp³-hybridized carbons (Fsp3) is 0.529. The molecule has 0 spiro atoms. The number of benzene rings is 1. The molecule has 1 unspecified atom stereocenters. The van der Waals surface area contributed by atoms with Gasteiger partial charge in [-0.2, -0.15) is 0 Å². The Morgan fingerprint density at radius 3 is 2.32 bits per heavy atom. The van der Waals surface area contributed by atoms with Crippen molar-refractivity contribution < 1.29 is 14.3 Å². The lowest BCUT2D eigenvalue weighted by Crippen LogP contribution is -2.28. The molecule has 2 N–H and O–H groups in total. The van der Waals surface area contributed by atoms with Crippen molar-refractivity contribution in [2.75, 3.05) is 24.6 Å². The van der Waals surface area contributed by atoms with E-state index in [1.807, 2.05) is 12.1 Å². The lowest BCUT2D eigenvalue weighted by atomic mass is 10.1. The number of anilines is 1. The highest BCUT2D eigenvalue weighted by Crippen LogP contribution is 2.17. The van der Waals surface area contributed by atoms with Crippen molar-refractivity contribution in [3.05, 3.63) is 29.8 Å². The molecule has 0 aliphatic heterocycles. The van der Waals surface area contributed by atoms with Crippen LogP contribution in [0, 0.1) is 0 Å². The Balaban J connectivity index is 2.75. The molecule has 0 aromatic heterocycles. The van der Waals surface area contributed by atoms with Gasteiger partial charge >= 0.3 is 5.97 Å². The van der Waals surface area contributed by atoms with E-state index in [2.05, 4.69) is 11.8 Å². The Labute approximate surface area is 132 Å². The Bertz CT molecular complexity index is 483. The fourth-order valence-electron chi connectivity index (χ4n) is 2.20. The van der Waals surface area contributed by atoms with Crippen molar-refractivity contribution in [3.8, 4) is 0 Å². The minimum Gasteiger partial charge on any atom is -0.466 e. The van der Waals surface area contributed by atoms with E-state index in [9.17, 15) is 9.59 Å². The molecule has 1 aromatic carbocycles. The summed E-state index contributed by atoms with van der Waals surface area (Å²) in [5, 5.41) is 0. The lowest BCUT2D eigenvalue weighted by Gasteiger charge is -2.24. The van der Waals surface area contributed by atoms with Gasteiger partial charge in [0.05, 0.1) is 19.1 Å². The predicted molar refractivity (Wildman–Crippen MR) is 88.2 cm³/mol. The van der Waals surface area contributed by atoms with Crippen molar-refractivity contribution in [3.63, 3.8) is 0 Å². The number of esters is 1. The van der Waals surface area contributed by atoms with Gasteiger partial charge in [-0.1, -0.05) is 6.92 Å². The zero-order chi connectivity index (χ0) is 16.5. The first kappa shape index (κ1) is 18.2. The molecule has 22 heavy (non-hydrogen) atoms. The number of rotatable bonds is 9. The number of nitrogens with zero attached hydrogens (tertiary/aromatic N) is 1. The largest absolute Gasteiger partial charge is 0.466 e. The normalized spacial score (nSPS) is 11.8. The Kier molecular flexibility index (Phi) is 7.60. The molecule has 0 bridgehead atoms. The van der Waals surface area contributed by atoms with Crippen LogP contribution in [0.25, 0.3) is 0 Å². The summed E-state index contributed by atoms with van der Waals surface area (Å²) in [7, 11) is 0. The van der Waals surface area contributed by atoms with E-state index in [0.717, 1.165) is 18.7 Å². The van der Waals surface area contributed by atoms with Crippen molar-refractivity contribution in [2.45, 2.75) is 39.7 Å². The van der Waals surface area contributed by atoms with E-state index in [4.69, 9.17) is 10.5 Å². The average Bonchev–Trinajstić information content (AvgIpc) is 2.51. The number of hydrogen-bond donors (Lipinski definition) is 1. The van der Waals surface area contributed by atoms with Gasteiger partial charge in [-0.25, -0.2) is 0 Å². The number of carbonyl (C=O) groups is 2. The van der Waals surface area contributed by atoms with E-state index in [1.165, 1.54) is 0 Å². The van der Waals surface area contributed by atoms with E-state index in [0.29, 0.717) is 25.1 Å². The van der Waals surface area contributed by atoms with Gasteiger partial charge < -0.3 is 15.4 Å². The molecule has 1 rings (SSSR count). The second-order valence-electron chi connectivity index (χ2n) is 5.24. The molecule has 0 amide bonds. The molecule has 0 fully saturated rings. The quantitative estimate of drug-likeness (QED) is 0.560. The van der Waals surface area contributed by atoms with Crippen LogP contribution in [-0.2, 0) is 9.53 Å². The van der Waals surface area contributed by atoms with Crippen LogP contribution in [0.2, 0.25) is 0 Å². The van der Waals surface area contributed by atoms with Crippen LogP contribution in [0.1, 0.15) is 44.0 Å². The molecule has 5 heteroatoms. The number of hydrogen-bond acceptors (Lipinski definition) is 5. The zero-order valence-electron chi connectivity index (χ0n) is 13.7. The molecule has 1 atom stereocenters. The molecule has 0 saturated carbocycles. The van der Waals surface area contributed by atoms with Gasteiger partial charge in [0.2, 0.25) is 0 Å². The van der Waals surface area contributed by atoms with Crippen molar-refractivity contribution >= 4 is 17.4 Å². The number of nitrogens with two attached hydrogens (primary N) is 1. The van der Waals surface area contributed by atoms with E-state index in [1.54, 1.807) is 26.0 Å². The van der Waals surface area contributed by atoms with E-state index in [-0.39, 0.29) is 11.8 Å². The molecular weight excluding hydrogens is 280 g/mol. The highest BCUT2D eigenvalue weighted by atomic mass is 16.5. The third kappa shape index (κ3) is 5.48. The van der Waals surface area contributed by atoms with Crippen LogP contribution in [0.5, 0.6) is 0 Å². The number of carbonyl (C=O) groups excluding carboxylic acids is 2. The summed E-state index contributed by atoms with van der Waals surface area (Å²) in [5.41, 5.74) is 7.22. The van der Waals surface area contributed by atoms with E-state index < -0.39 is 6.04 Å². The third-order valence-electron chi connectivity index (χ3n) is 3.32. The van der Waals surface area contributed by atoms with Gasteiger partial charge in [-0.05, 0) is 44.5 Å². The predicted octanol–water partition coefficient (Wildman–Crippen LogP) is 2.39. The van der Waals surface area contributed by atoms with Crippen LogP contribution >= 0.6 is 0 Å². The maximum absolute atomic E-state index is 11.8. The molecular formula is C17H26N2O3. The summed E-state index contributed by atoms with van der Waals surface area (Å²) in [6.45, 7) is 7.42. The van der Waals surface area contributed by atoms with Gasteiger partial charge in [0.15, 0.2) is 5.78 Å². The monoisotopic (exact) mass is 306 g/mol. The van der Waals surface area contributed by atoms with Crippen LogP contribution in [0.3, 0.4) is 0 Å². The van der Waals surface area contributed by atoms with Gasteiger partial charge in [0.1, 0.15) is 0 Å². The summed E-state index contributed by atoms with van der Waals surface area (Å²) in [4.78, 5) is 25.5. The number of Topliss-reactive ketones (excluding diaryl/α,β-unsaturated/α-hetero) is 1. The Morgan fingerprint density at radius 2 is 1.82 bits per heavy atom. The summed E-state index contributed by atoms with van der Waals surface area (Å²) in [5.74, 6) is -0.257. The smallest absolute Gasteiger partial charge is 0.307 e. The molecule has 0 aliphatic carbocycles. The maximum Gasteiger partial charge on any atom is 0.307 e. The lowest BCUT2D eigenvalue weighted by molar-refractivity contribution is -0.142. The van der Waals surface area contributed by atoms with Gasteiger partial charge in [0, 0.05) is 24.3 Å². The standard InChI is InChI=1S/C17H26N2O3/c1-4-11-19(12-10-16(20)22-5-2)15-8-6-14(7-9-15)17(21)13(3)18/h6-9,13H,4-5,10-12,18H2,1-3H3. The minimum atomic E-state index is -0.499. The molecule has 0 saturated heterocycles.